The van der Waals surface area contributed by atoms with Crippen LogP contribution in [-0.4, -0.2) is 14.6 Å². The molecule has 3 rings (SSSR count). The molecular weight excluding hydrogens is 346 g/mol. The molecule has 0 spiro atoms. The topological polar surface area (TPSA) is 59.3 Å². The highest BCUT2D eigenvalue weighted by molar-refractivity contribution is 7.20. The van der Waals surface area contributed by atoms with Gasteiger partial charge in [-0.1, -0.05) is 31.6 Å². The summed E-state index contributed by atoms with van der Waals surface area (Å²) in [5.41, 5.74) is 0.711. The fourth-order valence-electron chi connectivity index (χ4n) is 2.63. The van der Waals surface area contributed by atoms with Crippen molar-refractivity contribution in [2.75, 3.05) is 5.32 Å². The second-order valence-corrected chi connectivity index (χ2v) is 6.66. The smallest absolute Gasteiger partial charge is 0.275 e. The molecule has 5 nitrogen and oxygen atoms in total. The van der Waals surface area contributed by atoms with Gasteiger partial charge in [0.05, 0.1) is 6.04 Å². The van der Waals surface area contributed by atoms with Gasteiger partial charge in [0.1, 0.15) is 11.6 Å². The first-order valence-corrected chi connectivity index (χ1v) is 8.94. The highest BCUT2D eigenvalue weighted by atomic mass is 32.1. The van der Waals surface area contributed by atoms with Crippen molar-refractivity contribution in [3.63, 3.8) is 0 Å². The number of nitrogens with one attached hydrogen (secondary N) is 1. The van der Waals surface area contributed by atoms with Crippen LogP contribution in [0, 0.1) is 11.6 Å². The van der Waals surface area contributed by atoms with E-state index in [4.69, 9.17) is 0 Å². The van der Waals surface area contributed by atoms with Crippen LogP contribution in [0.15, 0.2) is 29.1 Å². The Hall–Kier alpha value is -2.35. The minimum atomic E-state index is -0.497. The predicted octanol–water partition coefficient (Wildman–Crippen LogP) is 3.94. The maximum atomic E-state index is 14.0. The van der Waals surface area contributed by atoms with E-state index in [0.717, 1.165) is 30.7 Å². The molecule has 0 saturated heterocycles. The van der Waals surface area contributed by atoms with Crippen LogP contribution in [0.3, 0.4) is 0 Å². The Bertz CT molecular complexity index is 953. The highest BCUT2D eigenvalue weighted by Crippen LogP contribution is 2.27. The van der Waals surface area contributed by atoms with Gasteiger partial charge in [0.25, 0.3) is 5.56 Å². The number of fused-ring (bicyclic) bond motifs is 1. The van der Waals surface area contributed by atoms with Crippen LogP contribution in [0.1, 0.15) is 44.0 Å². The molecule has 1 unspecified atom stereocenters. The molecule has 1 N–H and O–H groups in total. The van der Waals surface area contributed by atoms with E-state index >= 15 is 0 Å². The molecule has 0 aliphatic carbocycles. The summed E-state index contributed by atoms with van der Waals surface area (Å²) < 4.78 is 28.7. The Labute approximate surface area is 147 Å². The first-order valence-electron chi connectivity index (χ1n) is 8.13. The highest BCUT2D eigenvalue weighted by Gasteiger charge is 2.17. The zero-order chi connectivity index (χ0) is 18.0. The van der Waals surface area contributed by atoms with Crippen LogP contribution in [0.2, 0.25) is 0 Å². The number of hydrogen-bond donors (Lipinski definition) is 1. The number of anilines is 1. The van der Waals surface area contributed by atoms with E-state index < -0.39 is 17.7 Å². The van der Waals surface area contributed by atoms with Crippen molar-refractivity contribution in [1.29, 1.82) is 0 Å². The van der Waals surface area contributed by atoms with E-state index in [2.05, 4.69) is 15.4 Å². The number of aryl methyl sites for hydroxylation is 1. The molecule has 25 heavy (non-hydrogen) atoms. The Morgan fingerprint density at radius 1 is 1.28 bits per heavy atom. The summed E-state index contributed by atoms with van der Waals surface area (Å²) in [6.45, 7) is 3.88. The van der Waals surface area contributed by atoms with E-state index in [1.165, 1.54) is 28.0 Å². The van der Waals surface area contributed by atoms with Gasteiger partial charge in [0.2, 0.25) is 10.1 Å². The van der Waals surface area contributed by atoms with E-state index in [9.17, 15) is 13.6 Å². The van der Waals surface area contributed by atoms with Crippen molar-refractivity contribution in [2.24, 2.45) is 0 Å². The Morgan fingerprint density at radius 3 is 2.80 bits per heavy atom. The number of halogens is 2. The van der Waals surface area contributed by atoms with Crippen LogP contribution in [0.4, 0.5) is 13.9 Å². The van der Waals surface area contributed by atoms with Crippen LogP contribution >= 0.6 is 11.3 Å². The molecule has 0 aliphatic rings. The quantitative estimate of drug-likeness (QED) is 0.720. The van der Waals surface area contributed by atoms with Gasteiger partial charge in [-0.3, -0.25) is 4.79 Å². The fraction of sp³-hybridized carbons (Fsp3) is 0.353. The third kappa shape index (κ3) is 3.68. The molecule has 1 atom stereocenters. The van der Waals surface area contributed by atoms with Crippen LogP contribution < -0.4 is 10.9 Å². The molecule has 2 aromatic heterocycles. The number of rotatable bonds is 6. The number of hydrogen-bond acceptors (Lipinski definition) is 5. The maximum Gasteiger partial charge on any atom is 0.275 e. The van der Waals surface area contributed by atoms with Gasteiger partial charge in [-0.25, -0.2) is 13.8 Å². The van der Waals surface area contributed by atoms with Crippen LogP contribution in [0.5, 0.6) is 0 Å². The zero-order valence-electron chi connectivity index (χ0n) is 13.9. The SMILES string of the molecule is CCCc1cc(=O)n2nc(NC(CC)c3cc(F)ccc3F)sc2n1. The van der Waals surface area contributed by atoms with Crippen LogP contribution in [0.25, 0.3) is 4.96 Å². The molecule has 1 aromatic carbocycles. The van der Waals surface area contributed by atoms with Crippen molar-refractivity contribution in [3.05, 3.63) is 57.5 Å². The van der Waals surface area contributed by atoms with E-state index in [1.54, 1.807) is 0 Å². The average Bonchev–Trinajstić information content (AvgIpc) is 2.98. The molecular formula is C17H18F2N4OS. The van der Waals surface area contributed by atoms with Gasteiger partial charge >= 0.3 is 0 Å². The molecule has 0 saturated carbocycles. The second kappa shape index (κ2) is 7.26. The molecule has 0 aliphatic heterocycles. The second-order valence-electron chi connectivity index (χ2n) is 5.71. The first kappa shape index (κ1) is 17.5. The van der Waals surface area contributed by atoms with Crippen molar-refractivity contribution >= 4 is 21.4 Å². The summed E-state index contributed by atoms with van der Waals surface area (Å²) in [6.07, 6.45) is 2.14. The fourth-order valence-corrected chi connectivity index (χ4v) is 3.51. The largest absolute Gasteiger partial charge is 0.353 e. The van der Waals surface area contributed by atoms with E-state index in [1.807, 2.05) is 13.8 Å². The summed E-state index contributed by atoms with van der Waals surface area (Å²) in [5, 5.41) is 7.73. The molecule has 0 fully saturated rings. The molecule has 8 heteroatoms. The van der Waals surface area contributed by atoms with E-state index in [-0.39, 0.29) is 11.1 Å². The molecule has 0 radical (unpaired) electrons. The molecule has 3 aromatic rings. The first-order chi connectivity index (χ1) is 12.0. The van der Waals surface area contributed by atoms with Gasteiger partial charge in [-0.2, -0.15) is 4.52 Å². The number of benzene rings is 1. The third-order valence-corrected chi connectivity index (χ3v) is 4.68. The van der Waals surface area contributed by atoms with Gasteiger partial charge in [-0.15, -0.1) is 5.10 Å². The Kier molecular flexibility index (Phi) is 5.08. The lowest BCUT2D eigenvalue weighted by atomic mass is 10.0. The molecule has 2 heterocycles. The zero-order valence-corrected chi connectivity index (χ0v) is 14.7. The average molecular weight is 364 g/mol. The molecule has 0 amide bonds. The summed E-state index contributed by atoms with van der Waals surface area (Å²) >= 11 is 1.21. The summed E-state index contributed by atoms with van der Waals surface area (Å²) in [7, 11) is 0. The lowest BCUT2D eigenvalue weighted by molar-refractivity contribution is 0.566. The lowest BCUT2D eigenvalue weighted by Crippen LogP contribution is -2.16. The predicted molar refractivity (Wildman–Crippen MR) is 94.1 cm³/mol. The summed E-state index contributed by atoms with van der Waals surface area (Å²) in [5.74, 6) is -0.981. The van der Waals surface area contributed by atoms with Gasteiger partial charge in [0.15, 0.2) is 0 Å². The standard InChI is InChI=1S/C17H18F2N4OS/c1-3-5-11-9-15(24)23-17(20-11)25-16(22-23)21-14(4-2)12-8-10(18)6-7-13(12)19/h6-9,14H,3-5H2,1-2H3,(H,21,22). The van der Waals surface area contributed by atoms with Gasteiger partial charge in [0, 0.05) is 17.3 Å². The monoisotopic (exact) mass is 364 g/mol. The van der Waals surface area contributed by atoms with Crippen molar-refractivity contribution in [2.45, 2.75) is 39.2 Å². The Balaban J connectivity index is 1.94. The summed E-state index contributed by atoms with van der Waals surface area (Å²) in [6, 6.07) is 4.39. The van der Waals surface area contributed by atoms with Crippen molar-refractivity contribution in [1.82, 2.24) is 14.6 Å². The van der Waals surface area contributed by atoms with E-state index in [0.29, 0.717) is 16.5 Å². The number of aromatic nitrogens is 3. The molecule has 132 valence electrons. The third-order valence-electron chi connectivity index (χ3n) is 3.84. The minimum absolute atomic E-state index is 0.230. The van der Waals surface area contributed by atoms with Gasteiger partial charge in [-0.05, 0) is 31.0 Å². The van der Waals surface area contributed by atoms with Crippen molar-refractivity contribution < 1.29 is 8.78 Å². The minimum Gasteiger partial charge on any atom is -0.353 e. The Morgan fingerprint density at radius 2 is 2.08 bits per heavy atom. The number of nitrogens with zero attached hydrogens (tertiary/aromatic N) is 3. The molecule has 0 bridgehead atoms. The van der Waals surface area contributed by atoms with Crippen LogP contribution in [-0.2, 0) is 6.42 Å². The maximum absolute atomic E-state index is 14.0. The van der Waals surface area contributed by atoms with Gasteiger partial charge < -0.3 is 5.32 Å². The lowest BCUT2D eigenvalue weighted by Gasteiger charge is -2.17. The normalized spacial score (nSPS) is 12.5. The van der Waals surface area contributed by atoms with Crippen molar-refractivity contribution in [3.8, 4) is 0 Å². The summed E-state index contributed by atoms with van der Waals surface area (Å²) in [4.78, 5) is 17.1.